The molecule has 0 aliphatic carbocycles. The van der Waals surface area contributed by atoms with Crippen molar-refractivity contribution in [3.8, 4) is 0 Å². The number of Topliss-reactive ketones (excluding diaryl/α,β-unsaturated/α-hetero) is 1. The van der Waals surface area contributed by atoms with Crippen LogP contribution in [0, 0.1) is 13.8 Å². The first-order chi connectivity index (χ1) is 10.0. The van der Waals surface area contributed by atoms with E-state index >= 15 is 0 Å². The summed E-state index contributed by atoms with van der Waals surface area (Å²) < 4.78 is 10.3. The molecule has 1 aromatic heterocycles. The number of rotatable bonds is 5. The van der Waals surface area contributed by atoms with E-state index in [0.29, 0.717) is 48.9 Å². The second-order valence-electron chi connectivity index (χ2n) is 5.16. The zero-order valence-corrected chi connectivity index (χ0v) is 12.8. The summed E-state index contributed by atoms with van der Waals surface area (Å²) in [4.78, 5) is 29.7. The summed E-state index contributed by atoms with van der Waals surface area (Å²) in [5, 5.41) is 0. The monoisotopic (exact) mass is 294 g/mol. The van der Waals surface area contributed by atoms with Gasteiger partial charge in [0, 0.05) is 24.5 Å². The molecular formula is C15H22N2O4. The van der Waals surface area contributed by atoms with Gasteiger partial charge in [0.2, 0.25) is 0 Å². The van der Waals surface area contributed by atoms with E-state index in [0.717, 1.165) is 13.1 Å². The van der Waals surface area contributed by atoms with Crippen LogP contribution in [0.2, 0.25) is 0 Å². The maximum Gasteiger partial charge on any atom is 0.340 e. The van der Waals surface area contributed by atoms with Gasteiger partial charge in [0.15, 0.2) is 5.78 Å². The summed E-state index contributed by atoms with van der Waals surface area (Å²) in [6, 6.07) is 0. The van der Waals surface area contributed by atoms with Crippen LogP contribution in [0.15, 0.2) is 0 Å². The quantitative estimate of drug-likeness (QED) is 0.655. The summed E-state index contributed by atoms with van der Waals surface area (Å²) in [5.41, 5.74) is 2.22. The number of hydrogen-bond acceptors (Lipinski definition) is 5. The molecule has 0 atom stereocenters. The van der Waals surface area contributed by atoms with E-state index < -0.39 is 5.97 Å². The number of hydrogen-bond donors (Lipinski definition) is 1. The van der Waals surface area contributed by atoms with Crippen molar-refractivity contribution in [2.75, 3.05) is 39.5 Å². The Morgan fingerprint density at radius 3 is 2.43 bits per heavy atom. The van der Waals surface area contributed by atoms with Crippen LogP contribution in [0.4, 0.5) is 0 Å². The van der Waals surface area contributed by atoms with Crippen molar-refractivity contribution < 1.29 is 19.1 Å². The molecule has 21 heavy (non-hydrogen) atoms. The average molecular weight is 294 g/mol. The third kappa shape index (κ3) is 3.51. The highest BCUT2D eigenvalue weighted by Crippen LogP contribution is 2.20. The van der Waals surface area contributed by atoms with Crippen molar-refractivity contribution in [3.05, 3.63) is 22.5 Å². The molecule has 0 unspecified atom stereocenters. The van der Waals surface area contributed by atoms with Gasteiger partial charge in [-0.2, -0.15) is 0 Å². The molecule has 0 radical (unpaired) electrons. The largest absolute Gasteiger partial charge is 0.462 e. The third-order valence-electron chi connectivity index (χ3n) is 3.60. The number of nitrogens with one attached hydrogen (secondary N) is 1. The molecule has 1 saturated heterocycles. The van der Waals surface area contributed by atoms with E-state index in [1.54, 1.807) is 13.8 Å². The minimum Gasteiger partial charge on any atom is -0.462 e. The molecular weight excluding hydrogens is 272 g/mol. The second-order valence-corrected chi connectivity index (χ2v) is 5.16. The fourth-order valence-corrected chi connectivity index (χ4v) is 2.63. The molecule has 1 aliphatic heterocycles. The van der Waals surface area contributed by atoms with E-state index in [1.165, 1.54) is 0 Å². The fraction of sp³-hybridized carbons (Fsp3) is 0.600. The average Bonchev–Trinajstić information content (AvgIpc) is 2.75. The van der Waals surface area contributed by atoms with Crippen LogP contribution in [0.5, 0.6) is 0 Å². The lowest BCUT2D eigenvalue weighted by Gasteiger charge is -2.25. The van der Waals surface area contributed by atoms with E-state index in [2.05, 4.69) is 4.98 Å². The van der Waals surface area contributed by atoms with Crippen LogP contribution >= 0.6 is 0 Å². The number of ketones is 1. The topological polar surface area (TPSA) is 71.6 Å². The summed E-state index contributed by atoms with van der Waals surface area (Å²) in [6.45, 7) is 8.70. The van der Waals surface area contributed by atoms with Gasteiger partial charge in [-0.25, -0.2) is 4.79 Å². The van der Waals surface area contributed by atoms with Crippen LogP contribution in [0.25, 0.3) is 0 Å². The minimum atomic E-state index is -0.440. The Labute approximate surface area is 124 Å². The highest BCUT2D eigenvalue weighted by atomic mass is 16.5. The van der Waals surface area contributed by atoms with E-state index in [9.17, 15) is 9.59 Å². The van der Waals surface area contributed by atoms with Crippen molar-refractivity contribution in [2.45, 2.75) is 20.8 Å². The molecule has 0 aromatic carbocycles. The zero-order valence-electron chi connectivity index (χ0n) is 12.8. The molecule has 116 valence electrons. The highest BCUT2D eigenvalue weighted by Gasteiger charge is 2.26. The first-order valence-corrected chi connectivity index (χ1v) is 7.24. The lowest BCUT2D eigenvalue weighted by atomic mass is 10.0. The fourth-order valence-electron chi connectivity index (χ4n) is 2.63. The number of nitrogens with zero attached hydrogens (tertiary/aromatic N) is 1. The Kier molecular flexibility index (Phi) is 5.14. The van der Waals surface area contributed by atoms with Crippen LogP contribution in [-0.4, -0.2) is 61.1 Å². The Morgan fingerprint density at radius 2 is 1.81 bits per heavy atom. The van der Waals surface area contributed by atoms with Gasteiger partial charge in [-0.3, -0.25) is 9.69 Å². The molecule has 0 saturated carbocycles. The molecule has 2 rings (SSSR count). The van der Waals surface area contributed by atoms with E-state index in [4.69, 9.17) is 9.47 Å². The third-order valence-corrected chi connectivity index (χ3v) is 3.60. The maximum absolute atomic E-state index is 12.6. The van der Waals surface area contributed by atoms with Gasteiger partial charge in [0.1, 0.15) is 0 Å². The van der Waals surface area contributed by atoms with Gasteiger partial charge in [-0.05, 0) is 20.8 Å². The van der Waals surface area contributed by atoms with E-state index in [1.807, 2.05) is 11.8 Å². The number of aromatic nitrogens is 1. The number of esters is 1. The lowest BCUT2D eigenvalue weighted by Crippen LogP contribution is -2.39. The lowest BCUT2D eigenvalue weighted by molar-refractivity contribution is 0.0368. The van der Waals surface area contributed by atoms with Gasteiger partial charge >= 0.3 is 5.97 Å². The second kappa shape index (κ2) is 6.87. The normalized spacial score (nSPS) is 16.0. The first kappa shape index (κ1) is 15.7. The molecule has 1 aliphatic rings. The molecule has 6 nitrogen and oxygen atoms in total. The standard InChI is InChI=1S/C15H22N2O4/c1-4-21-15(19)14-11(3)16-10(2)13(14)12(18)9-17-5-7-20-8-6-17/h16H,4-9H2,1-3H3. The molecule has 1 aromatic rings. The van der Waals surface area contributed by atoms with Gasteiger partial charge in [0.05, 0.1) is 37.5 Å². The van der Waals surface area contributed by atoms with Crippen LogP contribution in [0.1, 0.15) is 39.0 Å². The molecule has 0 amide bonds. The van der Waals surface area contributed by atoms with Crippen LogP contribution in [-0.2, 0) is 9.47 Å². The van der Waals surface area contributed by atoms with Gasteiger partial charge < -0.3 is 14.5 Å². The number of H-pyrrole nitrogens is 1. The summed E-state index contributed by atoms with van der Waals surface area (Å²) in [6.07, 6.45) is 0. The first-order valence-electron chi connectivity index (χ1n) is 7.24. The Bertz CT molecular complexity index is 530. The van der Waals surface area contributed by atoms with Gasteiger partial charge in [-0.15, -0.1) is 0 Å². The Balaban J connectivity index is 2.21. The molecule has 1 fully saturated rings. The number of carbonyl (C=O) groups excluding carboxylic acids is 2. The van der Waals surface area contributed by atoms with Crippen LogP contribution in [0.3, 0.4) is 0 Å². The van der Waals surface area contributed by atoms with Gasteiger partial charge in [-0.1, -0.05) is 0 Å². The summed E-state index contributed by atoms with van der Waals surface area (Å²) in [7, 11) is 0. The van der Waals surface area contributed by atoms with Crippen molar-refractivity contribution in [1.29, 1.82) is 0 Å². The Hall–Kier alpha value is -1.66. The van der Waals surface area contributed by atoms with Crippen molar-refractivity contribution in [1.82, 2.24) is 9.88 Å². The van der Waals surface area contributed by atoms with Crippen LogP contribution < -0.4 is 0 Å². The van der Waals surface area contributed by atoms with Gasteiger partial charge in [0.25, 0.3) is 0 Å². The number of aryl methyl sites for hydroxylation is 2. The molecule has 6 heteroatoms. The number of ether oxygens (including phenoxy) is 2. The molecule has 2 heterocycles. The van der Waals surface area contributed by atoms with Crippen molar-refractivity contribution in [2.24, 2.45) is 0 Å². The smallest absolute Gasteiger partial charge is 0.340 e. The predicted octanol–water partition coefficient (Wildman–Crippen LogP) is 1.32. The zero-order chi connectivity index (χ0) is 15.4. The Morgan fingerprint density at radius 1 is 1.19 bits per heavy atom. The number of aromatic amines is 1. The summed E-state index contributed by atoms with van der Waals surface area (Å²) >= 11 is 0. The molecule has 0 spiro atoms. The minimum absolute atomic E-state index is 0.0539. The highest BCUT2D eigenvalue weighted by molar-refractivity contribution is 6.09. The molecule has 1 N–H and O–H groups in total. The molecule has 0 bridgehead atoms. The van der Waals surface area contributed by atoms with E-state index in [-0.39, 0.29) is 5.78 Å². The SMILES string of the molecule is CCOC(=O)c1c(C)[nH]c(C)c1C(=O)CN1CCOCC1. The number of carbonyl (C=O) groups is 2. The number of morpholine rings is 1. The predicted molar refractivity (Wildman–Crippen MR) is 77.8 cm³/mol. The van der Waals surface area contributed by atoms with Crippen molar-refractivity contribution >= 4 is 11.8 Å². The van der Waals surface area contributed by atoms with Crippen molar-refractivity contribution in [3.63, 3.8) is 0 Å². The summed E-state index contributed by atoms with van der Waals surface area (Å²) in [5.74, 6) is -0.494. The maximum atomic E-state index is 12.6.